The Morgan fingerprint density at radius 1 is 0.520 bits per heavy atom. The molecule has 0 aliphatic heterocycles. The fourth-order valence-corrected chi connectivity index (χ4v) is 3.91. The van der Waals surface area contributed by atoms with E-state index in [1.807, 2.05) is 0 Å². The first kappa shape index (κ1) is 42.4. The Morgan fingerprint density at radius 3 is 1.24 bits per heavy atom. The molecule has 0 saturated heterocycles. The van der Waals surface area contributed by atoms with Crippen LogP contribution < -0.4 is 4.90 Å². The predicted molar refractivity (Wildman–Crippen MR) is 163 cm³/mol. The number of ether oxygens (including phenoxy) is 8. The molecule has 0 bridgehead atoms. The summed E-state index contributed by atoms with van der Waals surface area (Å²) in [5.41, 5.74) is -5.13. The van der Waals surface area contributed by atoms with Gasteiger partial charge in [-0.1, -0.05) is 0 Å². The lowest BCUT2D eigenvalue weighted by atomic mass is 10.0. The number of esters is 2. The SMILES string of the molecule is COCCOCCOCCOC(=O)c1cc(C(=O)OCCOCCOCCOC)cc(N(C)C(=O)c2cc(C(F)(F)F)cc(C(F)(F)F)c2)c1. The highest BCUT2D eigenvalue weighted by atomic mass is 19.4. The van der Waals surface area contributed by atoms with Crippen LogP contribution in [0.25, 0.3) is 0 Å². The molecule has 2 aromatic rings. The summed E-state index contributed by atoms with van der Waals surface area (Å²) in [6.45, 7) is 1.92. The maximum Gasteiger partial charge on any atom is 0.416 e. The molecule has 0 aromatic heterocycles. The molecule has 0 fully saturated rings. The lowest BCUT2D eigenvalue weighted by Gasteiger charge is -2.21. The minimum absolute atomic E-state index is 0.0269. The summed E-state index contributed by atoms with van der Waals surface area (Å²) in [4.78, 5) is 39.8. The van der Waals surface area contributed by atoms with Crippen molar-refractivity contribution in [3.05, 3.63) is 64.2 Å². The molecule has 0 N–H and O–H groups in total. The molecule has 12 nitrogen and oxygen atoms in total. The molecule has 0 heterocycles. The van der Waals surface area contributed by atoms with Crippen molar-refractivity contribution in [1.29, 1.82) is 0 Å². The summed E-state index contributed by atoms with van der Waals surface area (Å²) >= 11 is 0. The summed E-state index contributed by atoms with van der Waals surface area (Å²) in [6.07, 6.45) is -10.4. The van der Waals surface area contributed by atoms with Crippen LogP contribution in [0.4, 0.5) is 32.0 Å². The maximum atomic E-state index is 13.4. The van der Waals surface area contributed by atoms with Gasteiger partial charge in [0.05, 0.1) is 88.3 Å². The number of rotatable bonds is 22. The fraction of sp³-hybridized carbons (Fsp3) is 0.531. The van der Waals surface area contributed by atoms with Crippen molar-refractivity contribution in [3.8, 4) is 0 Å². The van der Waals surface area contributed by atoms with Gasteiger partial charge in [0.1, 0.15) is 13.2 Å². The molecular formula is C32H39F6NO11. The van der Waals surface area contributed by atoms with Crippen LogP contribution in [0.2, 0.25) is 0 Å². The van der Waals surface area contributed by atoms with Crippen molar-refractivity contribution in [1.82, 2.24) is 0 Å². The van der Waals surface area contributed by atoms with E-state index in [1.165, 1.54) is 14.2 Å². The molecule has 0 unspecified atom stereocenters. The van der Waals surface area contributed by atoms with Gasteiger partial charge in [-0.15, -0.1) is 0 Å². The van der Waals surface area contributed by atoms with E-state index in [0.717, 1.165) is 25.2 Å². The van der Waals surface area contributed by atoms with Gasteiger partial charge in [0.15, 0.2) is 0 Å². The topological polar surface area (TPSA) is 128 Å². The number of carbonyl (C=O) groups is 3. The average Bonchev–Trinajstić information content (AvgIpc) is 3.08. The minimum atomic E-state index is -5.20. The zero-order valence-corrected chi connectivity index (χ0v) is 27.7. The van der Waals surface area contributed by atoms with Crippen LogP contribution in [0.3, 0.4) is 0 Å². The Bertz CT molecular complexity index is 1290. The zero-order valence-electron chi connectivity index (χ0n) is 27.7. The predicted octanol–water partition coefficient (Wildman–Crippen LogP) is 4.67. The largest absolute Gasteiger partial charge is 0.460 e. The average molecular weight is 728 g/mol. The minimum Gasteiger partial charge on any atom is -0.460 e. The zero-order chi connectivity index (χ0) is 37.2. The van der Waals surface area contributed by atoms with Crippen molar-refractivity contribution in [2.45, 2.75) is 12.4 Å². The van der Waals surface area contributed by atoms with E-state index < -0.39 is 46.9 Å². The van der Waals surface area contributed by atoms with Gasteiger partial charge in [-0.3, -0.25) is 4.79 Å². The highest BCUT2D eigenvalue weighted by Gasteiger charge is 2.38. The van der Waals surface area contributed by atoms with E-state index in [9.17, 15) is 40.7 Å². The highest BCUT2D eigenvalue weighted by Crippen LogP contribution is 2.37. The molecule has 0 spiro atoms. The van der Waals surface area contributed by atoms with Gasteiger partial charge in [0.25, 0.3) is 5.91 Å². The van der Waals surface area contributed by atoms with Crippen LogP contribution in [0.5, 0.6) is 0 Å². The number of methoxy groups -OCH3 is 2. The van der Waals surface area contributed by atoms with Gasteiger partial charge < -0.3 is 42.8 Å². The van der Waals surface area contributed by atoms with Gasteiger partial charge in [0.2, 0.25) is 0 Å². The number of hydrogen-bond donors (Lipinski definition) is 0. The molecule has 2 rings (SSSR count). The van der Waals surface area contributed by atoms with Gasteiger partial charge in [-0.05, 0) is 36.4 Å². The van der Waals surface area contributed by atoms with E-state index in [2.05, 4.69) is 0 Å². The molecule has 1 amide bonds. The number of nitrogens with zero attached hydrogens (tertiary/aromatic N) is 1. The number of anilines is 1. The Morgan fingerprint density at radius 2 is 0.880 bits per heavy atom. The quantitative estimate of drug-likeness (QED) is 0.0954. The second-order valence-electron chi connectivity index (χ2n) is 10.1. The van der Waals surface area contributed by atoms with E-state index in [1.54, 1.807) is 0 Å². The summed E-state index contributed by atoms with van der Waals surface area (Å²) < 4.78 is 122. The first-order valence-electron chi connectivity index (χ1n) is 15.0. The number of amides is 1. The third kappa shape index (κ3) is 15.0. The van der Waals surface area contributed by atoms with Gasteiger partial charge in [-0.2, -0.15) is 26.3 Å². The van der Waals surface area contributed by atoms with Crippen molar-refractivity contribution in [2.75, 3.05) is 105 Å². The summed E-state index contributed by atoms with van der Waals surface area (Å²) in [5.74, 6) is -3.25. The van der Waals surface area contributed by atoms with Crippen LogP contribution in [-0.2, 0) is 50.2 Å². The van der Waals surface area contributed by atoms with E-state index >= 15 is 0 Å². The molecule has 0 atom stereocenters. The summed E-state index contributed by atoms with van der Waals surface area (Å²) in [5, 5.41) is 0. The number of hydrogen-bond acceptors (Lipinski definition) is 11. The normalized spacial score (nSPS) is 11.8. The highest BCUT2D eigenvalue weighted by molar-refractivity contribution is 6.07. The monoisotopic (exact) mass is 727 g/mol. The fourth-order valence-electron chi connectivity index (χ4n) is 3.91. The van der Waals surface area contributed by atoms with Crippen molar-refractivity contribution >= 4 is 23.5 Å². The van der Waals surface area contributed by atoms with Crippen molar-refractivity contribution < 1.29 is 78.6 Å². The lowest BCUT2D eigenvalue weighted by molar-refractivity contribution is -0.143. The van der Waals surface area contributed by atoms with Gasteiger partial charge in [-0.25, -0.2) is 9.59 Å². The van der Waals surface area contributed by atoms with Crippen LogP contribution >= 0.6 is 0 Å². The van der Waals surface area contributed by atoms with Crippen LogP contribution in [0.1, 0.15) is 42.2 Å². The number of alkyl halides is 6. The van der Waals surface area contributed by atoms with Crippen LogP contribution in [-0.4, -0.2) is 118 Å². The maximum absolute atomic E-state index is 13.4. The molecular weight excluding hydrogens is 688 g/mol. The summed E-state index contributed by atoms with van der Waals surface area (Å²) in [7, 11) is 4.09. The Balaban J connectivity index is 2.24. The smallest absolute Gasteiger partial charge is 0.416 e. The van der Waals surface area contributed by atoms with E-state index in [0.29, 0.717) is 31.3 Å². The third-order valence-electron chi connectivity index (χ3n) is 6.44. The Hall–Kier alpha value is -3.81. The molecule has 50 heavy (non-hydrogen) atoms. The van der Waals surface area contributed by atoms with Crippen molar-refractivity contribution in [3.63, 3.8) is 0 Å². The van der Waals surface area contributed by atoms with Gasteiger partial charge >= 0.3 is 24.3 Å². The first-order chi connectivity index (χ1) is 23.7. The number of benzene rings is 2. The molecule has 0 radical (unpaired) electrons. The Labute approximate surface area is 284 Å². The second kappa shape index (κ2) is 21.4. The molecule has 2 aromatic carbocycles. The van der Waals surface area contributed by atoms with Crippen LogP contribution in [0.15, 0.2) is 36.4 Å². The first-order valence-corrected chi connectivity index (χ1v) is 15.0. The number of halogens is 6. The third-order valence-corrected chi connectivity index (χ3v) is 6.44. The molecule has 0 aliphatic carbocycles. The van der Waals surface area contributed by atoms with Gasteiger partial charge in [0, 0.05) is 32.5 Å². The second-order valence-corrected chi connectivity index (χ2v) is 10.1. The van der Waals surface area contributed by atoms with E-state index in [4.69, 9.17) is 37.9 Å². The molecule has 18 heteroatoms. The summed E-state index contributed by atoms with van der Waals surface area (Å²) in [6, 6.07) is 3.67. The Kier molecular flexibility index (Phi) is 18.1. The molecule has 0 saturated carbocycles. The van der Waals surface area contributed by atoms with Crippen molar-refractivity contribution in [2.24, 2.45) is 0 Å². The van der Waals surface area contributed by atoms with Crippen LogP contribution in [0, 0.1) is 0 Å². The van der Waals surface area contributed by atoms with E-state index in [-0.39, 0.29) is 87.9 Å². The lowest BCUT2D eigenvalue weighted by Crippen LogP contribution is -2.28. The standard InChI is InChI=1S/C32H39F6NO11/c1-39(28(40)22-17-25(31(33,34)35)21-26(18-22)32(36,37)38)27-19-23(29(41)49-14-12-47-10-8-45-6-4-43-2)16-24(20-27)30(42)50-15-13-48-11-9-46-7-5-44-3/h16-21H,4-15H2,1-3H3. The number of carbonyl (C=O) groups excluding carboxylic acids is 3. The molecule has 280 valence electrons. The molecule has 0 aliphatic rings.